The van der Waals surface area contributed by atoms with E-state index in [2.05, 4.69) is 10.6 Å². The average Bonchev–Trinajstić information content (AvgIpc) is 2.53. The predicted molar refractivity (Wildman–Crippen MR) is 92.1 cm³/mol. The normalized spacial score (nSPS) is 10.1. The first-order valence-corrected chi connectivity index (χ1v) is 8.24. The van der Waals surface area contributed by atoms with Crippen molar-refractivity contribution < 1.29 is 9.53 Å². The minimum Gasteiger partial charge on any atom is -0.497 e. The maximum absolute atomic E-state index is 12.0. The van der Waals surface area contributed by atoms with Crippen molar-refractivity contribution in [2.24, 2.45) is 0 Å². The van der Waals surface area contributed by atoms with Gasteiger partial charge in [0, 0.05) is 16.5 Å². The van der Waals surface area contributed by atoms with E-state index in [0.717, 1.165) is 16.2 Å². The van der Waals surface area contributed by atoms with Crippen LogP contribution in [0.5, 0.6) is 5.75 Å². The van der Waals surface area contributed by atoms with E-state index in [1.165, 1.54) is 0 Å². The second kappa shape index (κ2) is 7.96. The van der Waals surface area contributed by atoms with Crippen molar-refractivity contribution in [3.8, 4) is 5.75 Å². The van der Waals surface area contributed by atoms with Crippen LogP contribution >= 0.6 is 23.4 Å². The molecule has 4 nitrogen and oxygen atoms in total. The minimum absolute atomic E-state index is 0.270. The number of rotatable bonds is 5. The molecule has 0 unspecified atom stereocenters. The van der Waals surface area contributed by atoms with Crippen LogP contribution in [0.2, 0.25) is 5.02 Å². The van der Waals surface area contributed by atoms with Gasteiger partial charge in [0.15, 0.2) is 0 Å². The first-order chi connectivity index (χ1) is 10.6. The van der Waals surface area contributed by atoms with Gasteiger partial charge >= 0.3 is 6.03 Å². The SMILES string of the molecule is COc1ccc(CNC(=O)Nc2cc(Cl)ccc2SC)cc1. The number of ether oxygens (including phenoxy) is 1. The summed E-state index contributed by atoms with van der Waals surface area (Å²) in [5.74, 6) is 0.789. The number of hydrogen-bond donors (Lipinski definition) is 2. The summed E-state index contributed by atoms with van der Waals surface area (Å²) in [5.41, 5.74) is 1.69. The molecule has 0 aliphatic carbocycles. The number of nitrogens with one attached hydrogen (secondary N) is 2. The lowest BCUT2D eigenvalue weighted by Crippen LogP contribution is -2.28. The van der Waals surface area contributed by atoms with Crippen molar-refractivity contribution >= 4 is 35.1 Å². The van der Waals surface area contributed by atoms with Gasteiger partial charge in [-0.3, -0.25) is 0 Å². The van der Waals surface area contributed by atoms with Gasteiger partial charge in [0.2, 0.25) is 0 Å². The third kappa shape index (κ3) is 4.58. The van der Waals surface area contributed by atoms with Gasteiger partial charge in [-0.25, -0.2) is 4.79 Å². The highest BCUT2D eigenvalue weighted by atomic mass is 35.5. The molecule has 0 aliphatic rings. The van der Waals surface area contributed by atoms with Crippen molar-refractivity contribution in [1.82, 2.24) is 5.32 Å². The summed E-state index contributed by atoms with van der Waals surface area (Å²) in [6.45, 7) is 0.436. The maximum atomic E-state index is 12.0. The van der Waals surface area contributed by atoms with E-state index in [1.54, 1.807) is 31.0 Å². The number of carbonyl (C=O) groups excluding carboxylic acids is 1. The number of urea groups is 1. The lowest BCUT2D eigenvalue weighted by Gasteiger charge is -2.11. The topological polar surface area (TPSA) is 50.4 Å². The van der Waals surface area contributed by atoms with Crippen LogP contribution in [0.15, 0.2) is 47.4 Å². The maximum Gasteiger partial charge on any atom is 0.319 e. The van der Waals surface area contributed by atoms with Crippen LogP contribution in [-0.4, -0.2) is 19.4 Å². The van der Waals surface area contributed by atoms with Crippen LogP contribution in [-0.2, 0) is 6.54 Å². The van der Waals surface area contributed by atoms with Crippen LogP contribution < -0.4 is 15.4 Å². The Morgan fingerprint density at radius 2 is 1.95 bits per heavy atom. The first-order valence-electron chi connectivity index (χ1n) is 6.63. The smallest absolute Gasteiger partial charge is 0.319 e. The highest BCUT2D eigenvalue weighted by Crippen LogP contribution is 2.28. The molecule has 6 heteroatoms. The molecule has 2 aromatic rings. The van der Waals surface area contributed by atoms with Crippen LogP contribution in [0.3, 0.4) is 0 Å². The lowest BCUT2D eigenvalue weighted by molar-refractivity contribution is 0.251. The molecule has 22 heavy (non-hydrogen) atoms. The Labute approximate surface area is 139 Å². The zero-order chi connectivity index (χ0) is 15.9. The van der Waals surface area contributed by atoms with E-state index >= 15 is 0 Å². The fraction of sp³-hybridized carbons (Fsp3) is 0.188. The molecule has 0 atom stereocenters. The Hall–Kier alpha value is -1.85. The highest BCUT2D eigenvalue weighted by molar-refractivity contribution is 7.98. The van der Waals surface area contributed by atoms with E-state index < -0.39 is 0 Å². The van der Waals surface area contributed by atoms with Gasteiger partial charge in [-0.05, 0) is 42.2 Å². The Balaban J connectivity index is 1.94. The third-order valence-electron chi connectivity index (χ3n) is 3.02. The number of thioether (sulfide) groups is 1. The highest BCUT2D eigenvalue weighted by Gasteiger charge is 2.07. The molecular formula is C16H17ClN2O2S. The fourth-order valence-electron chi connectivity index (χ4n) is 1.87. The molecule has 116 valence electrons. The third-order valence-corrected chi connectivity index (χ3v) is 4.05. The largest absolute Gasteiger partial charge is 0.497 e. The molecular weight excluding hydrogens is 320 g/mol. The summed E-state index contributed by atoms with van der Waals surface area (Å²) in [6, 6.07) is 12.7. The number of benzene rings is 2. The van der Waals surface area contributed by atoms with Crippen molar-refractivity contribution in [3.05, 3.63) is 53.1 Å². The van der Waals surface area contributed by atoms with Gasteiger partial charge in [-0.1, -0.05) is 23.7 Å². The zero-order valence-electron chi connectivity index (χ0n) is 12.4. The van der Waals surface area contributed by atoms with Crippen molar-refractivity contribution in [2.45, 2.75) is 11.4 Å². The molecule has 0 spiro atoms. The second-order valence-electron chi connectivity index (χ2n) is 4.50. The number of hydrogen-bond acceptors (Lipinski definition) is 3. The van der Waals surface area contributed by atoms with Gasteiger partial charge < -0.3 is 15.4 Å². The number of halogens is 1. The van der Waals surface area contributed by atoms with E-state index in [9.17, 15) is 4.79 Å². The Kier molecular flexibility index (Phi) is 5.98. The minimum atomic E-state index is -0.270. The molecule has 2 amide bonds. The molecule has 0 aromatic heterocycles. The number of methoxy groups -OCH3 is 1. The molecule has 0 aliphatic heterocycles. The fourth-order valence-corrected chi connectivity index (χ4v) is 2.58. The van der Waals surface area contributed by atoms with Crippen molar-refractivity contribution in [3.63, 3.8) is 0 Å². The lowest BCUT2D eigenvalue weighted by atomic mass is 10.2. The molecule has 2 N–H and O–H groups in total. The van der Waals surface area contributed by atoms with Gasteiger partial charge in [-0.15, -0.1) is 11.8 Å². The first kappa shape index (κ1) is 16.5. The Bertz CT molecular complexity index is 647. The molecule has 0 saturated heterocycles. The van der Waals surface area contributed by atoms with Crippen LogP contribution in [0, 0.1) is 0 Å². The number of amides is 2. The molecule has 2 rings (SSSR count). The molecule has 2 aromatic carbocycles. The van der Waals surface area contributed by atoms with Gasteiger partial charge in [0.05, 0.1) is 12.8 Å². The van der Waals surface area contributed by atoms with Gasteiger partial charge in [-0.2, -0.15) is 0 Å². The van der Waals surface area contributed by atoms with Gasteiger partial charge in [0.1, 0.15) is 5.75 Å². The standard InChI is InChI=1S/C16H17ClN2O2S/c1-21-13-6-3-11(4-7-13)10-18-16(20)19-14-9-12(17)5-8-15(14)22-2/h3-9H,10H2,1-2H3,(H2,18,19,20). The van der Waals surface area contributed by atoms with Crippen molar-refractivity contribution in [1.29, 1.82) is 0 Å². The average molecular weight is 337 g/mol. The van der Waals surface area contributed by atoms with Crippen molar-refractivity contribution in [2.75, 3.05) is 18.7 Å². The number of anilines is 1. The van der Waals surface area contributed by atoms with Crippen LogP contribution in [0.25, 0.3) is 0 Å². The Morgan fingerprint density at radius 1 is 1.23 bits per heavy atom. The predicted octanol–water partition coefficient (Wildman–Crippen LogP) is 4.39. The molecule has 0 fully saturated rings. The number of carbonyl (C=O) groups is 1. The van der Waals surface area contributed by atoms with E-state index in [-0.39, 0.29) is 6.03 Å². The summed E-state index contributed by atoms with van der Waals surface area (Å²) in [4.78, 5) is 13.0. The summed E-state index contributed by atoms with van der Waals surface area (Å²) in [7, 11) is 1.62. The monoisotopic (exact) mass is 336 g/mol. The zero-order valence-corrected chi connectivity index (χ0v) is 13.9. The van der Waals surface area contributed by atoms with Gasteiger partial charge in [0.25, 0.3) is 0 Å². The van der Waals surface area contributed by atoms with Crippen LogP contribution in [0.4, 0.5) is 10.5 Å². The van der Waals surface area contributed by atoms with E-state index in [4.69, 9.17) is 16.3 Å². The van der Waals surface area contributed by atoms with E-state index in [1.807, 2.05) is 36.6 Å². The Morgan fingerprint density at radius 3 is 2.59 bits per heavy atom. The second-order valence-corrected chi connectivity index (χ2v) is 5.78. The quantitative estimate of drug-likeness (QED) is 0.796. The van der Waals surface area contributed by atoms with Crippen LogP contribution in [0.1, 0.15) is 5.56 Å². The summed E-state index contributed by atoms with van der Waals surface area (Å²) in [6.07, 6.45) is 1.95. The molecule has 0 saturated carbocycles. The summed E-state index contributed by atoms with van der Waals surface area (Å²) < 4.78 is 5.10. The molecule has 0 bridgehead atoms. The molecule has 0 heterocycles. The summed E-state index contributed by atoms with van der Waals surface area (Å²) in [5, 5.41) is 6.21. The van der Waals surface area contributed by atoms with E-state index in [0.29, 0.717) is 17.3 Å². The summed E-state index contributed by atoms with van der Waals surface area (Å²) >= 11 is 7.52. The molecule has 0 radical (unpaired) electrons.